The predicted molar refractivity (Wildman–Crippen MR) is 99.0 cm³/mol. The van der Waals surface area contributed by atoms with E-state index in [0.717, 1.165) is 22.1 Å². The molecule has 1 aromatic carbocycles. The summed E-state index contributed by atoms with van der Waals surface area (Å²) in [4.78, 5) is 17.5. The average Bonchev–Trinajstić information content (AvgIpc) is 3.17. The van der Waals surface area contributed by atoms with E-state index in [-0.39, 0.29) is 30.1 Å². The second kappa shape index (κ2) is 8.79. The Morgan fingerprint density at radius 2 is 2.12 bits per heavy atom. The van der Waals surface area contributed by atoms with Gasteiger partial charge < -0.3 is 10.1 Å². The van der Waals surface area contributed by atoms with Gasteiger partial charge in [-0.2, -0.15) is 8.78 Å². The highest BCUT2D eigenvalue weighted by molar-refractivity contribution is 7.99. The number of amides is 1. The van der Waals surface area contributed by atoms with Crippen molar-refractivity contribution in [1.82, 2.24) is 10.3 Å². The molecule has 0 bridgehead atoms. The van der Waals surface area contributed by atoms with E-state index in [1.165, 1.54) is 23.5 Å². The van der Waals surface area contributed by atoms with Crippen LogP contribution in [0.5, 0.6) is 5.75 Å². The van der Waals surface area contributed by atoms with E-state index in [4.69, 9.17) is 0 Å². The monoisotopic (exact) mass is 407 g/mol. The zero-order chi connectivity index (χ0) is 17.1. The van der Waals surface area contributed by atoms with Gasteiger partial charge in [-0.25, -0.2) is 4.98 Å². The van der Waals surface area contributed by atoms with Gasteiger partial charge in [0.25, 0.3) is 0 Å². The maximum Gasteiger partial charge on any atom is 0.387 e. The fourth-order valence-corrected chi connectivity index (χ4v) is 4.05. The first-order valence-corrected chi connectivity index (χ1v) is 9.14. The number of carbonyl (C=O) groups is 1. The molecule has 2 heterocycles. The number of rotatable bonds is 5. The second-order valence-electron chi connectivity index (χ2n) is 5.09. The molecule has 1 aromatic heterocycles. The molecule has 2 aromatic rings. The molecule has 1 saturated heterocycles. The number of carbonyl (C=O) groups excluding carboxylic acids is 1. The third-order valence-corrected chi connectivity index (χ3v) is 5.24. The summed E-state index contributed by atoms with van der Waals surface area (Å²) in [5.41, 5.74) is 1.49. The third-order valence-electron chi connectivity index (χ3n) is 3.41. The standard InChI is InChI=1S/C15H15F2N3O2S2.ClH/c1-8-12(9-2-4-10(5-3-9)22-14(16)17)19-15(24-8)20-13(21)11-6-23-7-18-11;/h2-5,11,14,18H,6-7H2,1H3,(H,19,20,21);1H. The summed E-state index contributed by atoms with van der Waals surface area (Å²) in [7, 11) is 0. The van der Waals surface area contributed by atoms with Gasteiger partial charge in [-0.15, -0.1) is 35.5 Å². The zero-order valence-corrected chi connectivity index (χ0v) is 15.6. The van der Waals surface area contributed by atoms with Crippen molar-refractivity contribution in [2.75, 3.05) is 16.9 Å². The first-order chi connectivity index (χ1) is 11.5. The van der Waals surface area contributed by atoms with Crippen LogP contribution in [0.3, 0.4) is 0 Å². The molecule has 10 heteroatoms. The average molecular weight is 408 g/mol. The van der Waals surface area contributed by atoms with Crippen LogP contribution < -0.4 is 15.4 Å². The van der Waals surface area contributed by atoms with Gasteiger partial charge in [0.2, 0.25) is 5.91 Å². The van der Waals surface area contributed by atoms with Crippen molar-refractivity contribution in [3.63, 3.8) is 0 Å². The number of anilines is 1. The number of nitrogens with one attached hydrogen (secondary N) is 2. The lowest BCUT2D eigenvalue weighted by atomic mass is 10.1. The van der Waals surface area contributed by atoms with Crippen molar-refractivity contribution in [3.05, 3.63) is 29.1 Å². The second-order valence-corrected chi connectivity index (χ2v) is 7.32. The van der Waals surface area contributed by atoms with Crippen molar-refractivity contribution >= 4 is 46.5 Å². The summed E-state index contributed by atoms with van der Waals surface area (Å²) in [6.45, 7) is -0.948. The van der Waals surface area contributed by atoms with E-state index in [1.54, 1.807) is 23.9 Å². The number of thiazole rings is 1. The number of hydrogen-bond acceptors (Lipinski definition) is 6. The van der Waals surface area contributed by atoms with Gasteiger partial charge in [0.05, 0.1) is 11.7 Å². The Balaban J connectivity index is 0.00000225. The lowest BCUT2D eigenvalue weighted by Gasteiger charge is -2.07. The molecule has 1 aliphatic heterocycles. The third kappa shape index (κ3) is 5.04. The molecule has 0 spiro atoms. The molecule has 2 N–H and O–H groups in total. The molecule has 136 valence electrons. The summed E-state index contributed by atoms with van der Waals surface area (Å²) in [5, 5.41) is 6.45. The molecule has 1 fully saturated rings. The zero-order valence-electron chi connectivity index (χ0n) is 13.1. The van der Waals surface area contributed by atoms with Gasteiger partial charge in [-0.1, -0.05) is 0 Å². The molecule has 0 radical (unpaired) electrons. The summed E-state index contributed by atoms with van der Waals surface area (Å²) in [6.07, 6.45) is 0. The molecule has 1 atom stereocenters. The fraction of sp³-hybridized carbons (Fsp3) is 0.333. The first-order valence-electron chi connectivity index (χ1n) is 7.17. The summed E-state index contributed by atoms with van der Waals surface area (Å²) in [6, 6.07) is 6.07. The number of aromatic nitrogens is 1. The van der Waals surface area contributed by atoms with E-state index in [0.29, 0.717) is 10.8 Å². The molecule has 1 unspecified atom stereocenters. The number of ether oxygens (including phenoxy) is 1. The molecule has 1 amide bonds. The van der Waals surface area contributed by atoms with Crippen LogP contribution in [0.2, 0.25) is 0 Å². The minimum atomic E-state index is -2.85. The maximum atomic E-state index is 12.2. The Bertz CT molecular complexity index is 722. The van der Waals surface area contributed by atoms with Crippen LogP contribution in [0, 0.1) is 6.92 Å². The number of benzene rings is 1. The number of alkyl halides is 2. The summed E-state index contributed by atoms with van der Waals surface area (Å²) >= 11 is 3.06. The van der Waals surface area contributed by atoms with E-state index in [2.05, 4.69) is 20.4 Å². The lowest BCUT2D eigenvalue weighted by Crippen LogP contribution is -2.37. The molecule has 5 nitrogen and oxygen atoms in total. The lowest BCUT2D eigenvalue weighted by molar-refractivity contribution is -0.117. The van der Waals surface area contributed by atoms with E-state index >= 15 is 0 Å². The number of hydrogen-bond donors (Lipinski definition) is 2. The Labute approximate surface area is 158 Å². The van der Waals surface area contributed by atoms with Crippen molar-refractivity contribution in [1.29, 1.82) is 0 Å². The molecule has 0 aliphatic carbocycles. The Hall–Kier alpha value is -1.42. The number of nitrogens with zero attached hydrogens (tertiary/aromatic N) is 1. The van der Waals surface area contributed by atoms with Crippen molar-refractivity contribution in [3.8, 4) is 17.0 Å². The van der Waals surface area contributed by atoms with E-state index in [9.17, 15) is 13.6 Å². The van der Waals surface area contributed by atoms with Gasteiger partial charge in [0.1, 0.15) is 5.75 Å². The first kappa shape index (κ1) is 19.9. The molecule has 25 heavy (non-hydrogen) atoms. The Morgan fingerprint density at radius 1 is 1.40 bits per heavy atom. The van der Waals surface area contributed by atoms with Crippen LogP contribution in [-0.4, -0.2) is 35.2 Å². The van der Waals surface area contributed by atoms with Crippen molar-refractivity contribution < 1.29 is 18.3 Å². The smallest absolute Gasteiger partial charge is 0.387 e. The highest BCUT2D eigenvalue weighted by Crippen LogP contribution is 2.31. The van der Waals surface area contributed by atoms with Crippen molar-refractivity contribution in [2.45, 2.75) is 19.6 Å². The van der Waals surface area contributed by atoms with Crippen LogP contribution in [0.25, 0.3) is 11.3 Å². The Morgan fingerprint density at radius 3 is 2.72 bits per heavy atom. The van der Waals surface area contributed by atoms with Gasteiger partial charge in [-0.3, -0.25) is 10.1 Å². The highest BCUT2D eigenvalue weighted by Gasteiger charge is 2.23. The highest BCUT2D eigenvalue weighted by atomic mass is 35.5. The van der Waals surface area contributed by atoms with Crippen LogP contribution in [-0.2, 0) is 4.79 Å². The summed E-state index contributed by atoms with van der Waals surface area (Å²) < 4.78 is 28.7. The minimum absolute atomic E-state index is 0. The molecule has 1 aliphatic rings. The predicted octanol–water partition coefficient (Wildman–Crippen LogP) is 3.74. The number of halogens is 3. The van der Waals surface area contributed by atoms with E-state index in [1.807, 2.05) is 6.92 Å². The van der Waals surface area contributed by atoms with Crippen LogP contribution in [0.4, 0.5) is 13.9 Å². The summed E-state index contributed by atoms with van der Waals surface area (Å²) in [5.74, 6) is 1.52. The Kier molecular flexibility index (Phi) is 7.00. The maximum absolute atomic E-state index is 12.2. The number of thioether (sulfide) groups is 1. The quantitative estimate of drug-likeness (QED) is 0.790. The van der Waals surface area contributed by atoms with Crippen LogP contribution in [0.1, 0.15) is 4.88 Å². The van der Waals surface area contributed by atoms with Crippen molar-refractivity contribution in [2.24, 2.45) is 0 Å². The van der Waals surface area contributed by atoms with Gasteiger partial charge in [0, 0.05) is 22.1 Å². The van der Waals surface area contributed by atoms with Gasteiger partial charge in [-0.05, 0) is 31.2 Å². The van der Waals surface area contributed by atoms with Crippen LogP contribution >= 0.6 is 35.5 Å². The topological polar surface area (TPSA) is 63.2 Å². The minimum Gasteiger partial charge on any atom is -0.435 e. The normalized spacial score (nSPS) is 16.6. The van der Waals surface area contributed by atoms with E-state index < -0.39 is 6.61 Å². The largest absolute Gasteiger partial charge is 0.435 e. The fourth-order valence-electron chi connectivity index (χ4n) is 2.27. The molecule has 3 rings (SSSR count). The molecule has 0 saturated carbocycles. The molecular weight excluding hydrogens is 392 g/mol. The van der Waals surface area contributed by atoms with Gasteiger partial charge >= 0.3 is 6.61 Å². The number of aryl methyl sites for hydroxylation is 1. The van der Waals surface area contributed by atoms with Crippen LogP contribution in [0.15, 0.2) is 24.3 Å². The molecular formula is C15H16ClF2N3O2S2. The van der Waals surface area contributed by atoms with Gasteiger partial charge in [0.15, 0.2) is 5.13 Å². The SMILES string of the molecule is Cc1sc(NC(=O)C2CSCN2)nc1-c1ccc(OC(F)F)cc1.Cl.